The van der Waals surface area contributed by atoms with E-state index in [0.29, 0.717) is 46.5 Å². The van der Waals surface area contributed by atoms with Crippen molar-refractivity contribution < 1.29 is 21.4 Å². The van der Waals surface area contributed by atoms with Gasteiger partial charge in [-0.3, -0.25) is 4.40 Å². The molecule has 12 nitrogen and oxygen atoms in total. The predicted molar refractivity (Wildman–Crippen MR) is 155 cm³/mol. The Morgan fingerprint density at radius 3 is 2.60 bits per heavy atom. The molecule has 6 aromatic rings. The van der Waals surface area contributed by atoms with Crippen LogP contribution in [0.15, 0.2) is 76.4 Å². The fourth-order valence-corrected chi connectivity index (χ4v) is 8.58. The van der Waals surface area contributed by atoms with E-state index in [1.165, 1.54) is 16.4 Å². The summed E-state index contributed by atoms with van der Waals surface area (Å²) in [7, 11) is -7.60. The number of sulfonamides is 1. The summed E-state index contributed by atoms with van der Waals surface area (Å²) in [5.41, 5.74) is 3.15. The Morgan fingerprint density at radius 2 is 1.79 bits per heavy atom. The maximum Gasteiger partial charge on any atom is 0.269 e. The Labute approximate surface area is 241 Å². The number of para-hydroxylation sites is 1. The van der Waals surface area contributed by atoms with Gasteiger partial charge in [0.2, 0.25) is 10.0 Å². The van der Waals surface area contributed by atoms with Crippen LogP contribution < -0.4 is 4.72 Å². The summed E-state index contributed by atoms with van der Waals surface area (Å²) in [6.45, 7) is 3.95. The SMILES string of the molecule is Cc1ccc(S(=O)(=O)n2ccc3c2ncc2nnc([C@H]4C[C@@H](NS(=O)(=O)Cc5noc6ccccc56)C[C@H]4C)n23)cc1. The van der Waals surface area contributed by atoms with Crippen LogP contribution in [-0.2, 0) is 25.8 Å². The van der Waals surface area contributed by atoms with Crippen LogP contribution in [-0.4, -0.2) is 51.6 Å². The summed E-state index contributed by atoms with van der Waals surface area (Å²) in [5, 5.41) is 13.4. The maximum atomic E-state index is 13.5. The van der Waals surface area contributed by atoms with Crippen molar-refractivity contribution in [1.82, 2.24) is 33.4 Å². The van der Waals surface area contributed by atoms with Crippen LogP contribution in [0, 0.1) is 12.8 Å². The minimum atomic E-state index is -3.89. The summed E-state index contributed by atoms with van der Waals surface area (Å²) in [6, 6.07) is 15.2. The lowest BCUT2D eigenvalue weighted by Gasteiger charge is -2.14. The highest BCUT2D eigenvalue weighted by molar-refractivity contribution is 7.90. The zero-order chi connectivity index (χ0) is 29.2. The molecule has 3 atom stereocenters. The highest BCUT2D eigenvalue weighted by atomic mass is 32.2. The molecular formula is C28H27N7O5S2. The molecule has 1 N–H and O–H groups in total. The van der Waals surface area contributed by atoms with Crippen molar-refractivity contribution in [3.05, 3.63) is 84.1 Å². The minimum absolute atomic E-state index is 0.0829. The van der Waals surface area contributed by atoms with E-state index in [4.69, 9.17) is 4.52 Å². The van der Waals surface area contributed by atoms with Crippen LogP contribution in [0.5, 0.6) is 0 Å². The van der Waals surface area contributed by atoms with Crippen LogP contribution in [0.1, 0.15) is 42.8 Å². The zero-order valence-corrected chi connectivity index (χ0v) is 24.4. The van der Waals surface area contributed by atoms with Crippen molar-refractivity contribution in [2.75, 3.05) is 0 Å². The third kappa shape index (κ3) is 4.46. The minimum Gasteiger partial charge on any atom is -0.356 e. The maximum absolute atomic E-state index is 13.5. The average molecular weight is 606 g/mol. The molecule has 1 saturated carbocycles. The van der Waals surface area contributed by atoms with Crippen molar-refractivity contribution in [3.8, 4) is 0 Å². The van der Waals surface area contributed by atoms with Gasteiger partial charge >= 0.3 is 0 Å². The van der Waals surface area contributed by atoms with Gasteiger partial charge < -0.3 is 4.52 Å². The highest BCUT2D eigenvalue weighted by Crippen LogP contribution is 2.40. The first kappa shape index (κ1) is 26.7. The Morgan fingerprint density at radius 1 is 1.00 bits per heavy atom. The third-order valence-electron chi connectivity index (χ3n) is 7.98. The number of aromatic nitrogens is 6. The predicted octanol–water partition coefficient (Wildman–Crippen LogP) is 3.77. The third-order valence-corrected chi connectivity index (χ3v) is 11.0. The van der Waals surface area contributed by atoms with Crippen molar-refractivity contribution >= 4 is 47.8 Å². The molecule has 216 valence electrons. The van der Waals surface area contributed by atoms with Crippen LogP contribution in [0.25, 0.3) is 27.8 Å². The van der Waals surface area contributed by atoms with Gasteiger partial charge in [-0.15, -0.1) is 10.2 Å². The van der Waals surface area contributed by atoms with Gasteiger partial charge in [0.25, 0.3) is 10.0 Å². The molecule has 14 heteroatoms. The molecule has 2 aromatic carbocycles. The lowest BCUT2D eigenvalue weighted by molar-refractivity contribution is 0.448. The van der Waals surface area contributed by atoms with Crippen molar-refractivity contribution in [2.45, 2.75) is 49.3 Å². The van der Waals surface area contributed by atoms with Crippen LogP contribution in [0.2, 0.25) is 0 Å². The first-order valence-corrected chi connectivity index (χ1v) is 16.6. The van der Waals surface area contributed by atoms with Gasteiger partial charge in [-0.2, -0.15) is 0 Å². The molecule has 7 rings (SSSR count). The summed E-state index contributed by atoms with van der Waals surface area (Å²) < 4.78 is 64.3. The summed E-state index contributed by atoms with van der Waals surface area (Å²) in [4.78, 5) is 4.57. The summed E-state index contributed by atoms with van der Waals surface area (Å²) in [5.74, 6) is 0.310. The van der Waals surface area contributed by atoms with Gasteiger partial charge in [0.05, 0.1) is 16.6 Å². The second-order valence-electron chi connectivity index (χ2n) is 10.9. The monoisotopic (exact) mass is 605 g/mol. The smallest absolute Gasteiger partial charge is 0.269 e. The lowest BCUT2D eigenvalue weighted by atomic mass is 9.97. The fourth-order valence-electron chi connectivity index (χ4n) is 5.93. The molecule has 4 aromatic heterocycles. The lowest BCUT2D eigenvalue weighted by Crippen LogP contribution is -2.34. The van der Waals surface area contributed by atoms with Crippen molar-refractivity contribution in [3.63, 3.8) is 0 Å². The molecule has 0 bridgehead atoms. The standard InChI is InChI=1S/C28H27N7O5S2/c1-17-7-9-20(10-8-17)42(38,39)34-12-11-24-28(34)29-15-26-30-31-27(35(24)26)22-14-19(13-18(22)2)33-41(36,37)16-23-21-5-3-4-6-25(21)40-32-23/h3-12,15,18-19,22,33H,13-14,16H2,1-2H3/t18-,19+,22+/m1/s1. The van der Waals surface area contributed by atoms with E-state index >= 15 is 0 Å². The zero-order valence-electron chi connectivity index (χ0n) is 22.7. The van der Waals surface area contributed by atoms with E-state index in [2.05, 4.69) is 32.0 Å². The average Bonchev–Trinajstić information content (AvgIpc) is 3.73. The number of benzene rings is 2. The molecule has 1 aliphatic rings. The molecule has 1 aliphatic carbocycles. The van der Waals surface area contributed by atoms with Gasteiger partial charge in [-0.25, -0.2) is 30.5 Å². The molecule has 4 heterocycles. The second-order valence-corrected chi connectivity index (χ2v) is 14.5. The number of hydrogen-bond donors (Lipinski definition) is 1. The Balaban J connectivity index is 1.18. The number of rotatable bonds is 7. The molecule has 0 aliphatic heterocycles. The first-order chi connectivity index (χ1) is 20.1. The quantitative estimate of drug-likeness (QED) is 0.286. The molecule has 0 radical (unpaired) electrons. The number of nitrogens with zero attached hydrogens (tertiary/aromatic N) is 6. The van der Waals surface area contributed by atoms with E-state index in [1.807, 2.05) is 17.4 Å². The molecule has 0 amide bonds. The van der Waals surface area contributed by atoms with E-state index < -0.39 is 20.0 Å². The van der Waals surface area contributed by atoms with Gasteiger partial charge in [0, 0.05) is 23.5 Å². The number of hydrogen-bond acceptors (Lipinski definition) is 9. The topological polar surface area (TPSA) is 154 Å². The van der Waals surface area contributed by atoms with Crippen LogP contribution >= 0.6 is 0 Å². The Kier molecular flexibility index (Phi) is 6.18. The van der Waals surface area contributed by atoms with E-state index in [0.717, 1.165) is 5.56 Å². The molecule has 0 unspecified atom stereocenters. The van der Waals surface area contributed by atoms with E-state index in [-0.39, 0.29) is 34.2 Å². The normalized spacial score (nSPS) is 19.8. The van der Waals surface area contributed by atoms with Gasteiger partial charge in [0.1, 0.15) is 17.3 Å². The summed E-state index contributed by atoms with van der Waals surface area (Å²) in [6.07, 6.45) is 4.10. The Hall–Kier alpha value is -4.14. The van der Waals surface area contributed by atoms with Crippen LogP contribution in [0.3, 0.4) is 0 Å². The molecular weight excluding hydrogens is 578 g/mol. The van der Waals surface area contributed by atoms with Crippen molar-refractivity contribution in [2.24, 2.45) is 5.92 Å². The van der Waals surface area contributed by atoms with E-state index in [9.17, 15) is 16.8 Å². The highest BCUT2D eigenvalue weighted by Gasteiger charge is 2.38. The van der Waals surface area contributed by atoms with Gasteiger partial charge in [0.15, 0.2) is 16.9 Å². The number of nitrogens with one attached hydrogen (secondary N) is 1. The molecule has 42 heavy (non-hydrogen) atoms. The van der Waals surface area contributed by atoms with Gasteiger partial charge in [-0.1, -0.05) is 41.9 Å². The largest absolute Gasteiger partial charge is 0.356 e. The van der Waals surface area contributed by atoms with Crippen molar-refractivity contribution in [1.29, 1.82) is 0 Å². The van der Waals surface area contributed by atoms with Gasteiger partial charge in [-0.05, 0) is 56.0 Å². The van der Waals surface area contributed by atoms with E-state index in [1.54, 1.807) is 48.5 Å². The second kappa shape index (κ2) is 9.71. The Bertz CT molecular complexity index is 2180. The first-order valence-electron chi connectivity index (χ1n) is 13.5. The fraction of sp³-hybridized carbons (Fsp3) is 0.286. The molecule has 0 saturated heterocycles. The molecule has 0 spiro atoms. The summed E-state index contributed by atoms with van der Waals surface area (Å²) >= 11 is 0. The molecule has 1 fully saturated rings. The number of fused-ring (bicyclic) bond motifs is 4. The number of aryl methyl sites for hydroxylation is 1. The van der Waals surface area contributed by atoms with Crippen LogP contribution in [0.4, 0.5) is 0 Å².